The third-order valence-corrected chi connectivity index (χ3v) is 4.62. The molecule has 0 unspecified atom stereocenters. The minimum Gasteiger partial charge on any atom is -0.481 e. The first-order valence-electron chi connectivity index (χ1n) is 7.51. The lowest BCUT2D eigenvalue weighted by molar-refractivity contribution is -0.146. The Balaban J connectivity index is 1.85. The maximum atomic E-state index is 12.6. The Bertz CT molecular complexity index is 708. The monoisotopic (exact) mass is 318 g/mol. The largest absolute Gasteiger partial charge is 0.481 e. The highest BCUT2D eigenvalue weighted by Gasteiger charge is 2.51. The number of aryl methyl sites for hydroxylation is 1. The first-order chi connectivity index (χ1) is 10.9. The van der Waals surface area contributed by atoms with Crippen LogP contribution in [0.15, 0.2) is 18.3 Å². The number of aliphatic carboxylic acids is 1. The molecule has 4 atom stereocenters. The second-order valence-corrected chi connectivity index (χ2v) is 5.94. The number of nitrogens with two attached hydrogens (primary N) is 1. The van der Waals surface area contributed by atoms with E-state index in [1.165, 1.54) is 10.9 Å². The molecule has 0 aromatic carbocycles. The minimum atomic E-state index is -0.971. The summed E-state index contributed by atoms with van der Waals surface area (Å²) in [7, 11) is 0. The molecule has 2 aliphatic carbocycles. The van der Waals surface area contributed by atoms with Crippen molar-refractivity contribution in [2.75, 3.05) is 5.32 Å². The van der Waals surface area contributed by atoms with Crippen LogP contribution in [-0.4, -0.2) is 32.7 Å². The van der Waals surface area contributed by atoms with E-state index in [1.54, 1.807) is 0 Å². The zero-order chi connectivity index (χ0) is 16.7. The second-order valence-electron chi connectivity index (χ2n) is 5.94. The van der Waals surface area contributed by atoms with Crippen LogP contribution < -0.4 is 11.1 Å². The van der Waals surface area contributed by atoms with Crippen molar-refractivity contribution in [3.05, 3.63) is 24.0 Å². The van der Waals surface area contributed by atoms with Crippen LogP contribution in [0.5, 0.6) is 0 Å². The Morgan fingerprint density at radius 3 is 2.57 bits per heavy atom. The van der Waals surface area contributed by atoms with Crippen molar-refractivity contribution in [3.63, 3.8) is 0 Å². The van der Waals surface area contributed by atoms with E-state index in [0.717, 1.165) is 0 Å². The number of nitrogens with one attached hydrogen (secondary N) is 1. The van der Waals surface area contributed by atoms with Gasteiger partial charge in [0.1, 0.15) is 0 Å². The third-order valence-electron chi connectivity index (χ3n) is 4.62. The number of amides is 2. The molecule has 4 N–H and O–H groups in total. The highest BCUT2D eigenvalue weighted by atomic mass is 16.4. The molecule has 1 heterocycles. The molecule has 8 heteroatoms. The highest BCUT2D eigenvalue weighted by molar-refractivity contribution is 6.03. The first-order valence-corrected chi connectivity index (χ1v) is 7.51. The zero-order valence-corrected chi connectivity index (χ0v) is 12.6. The Kier molecular flexibility index (Phi) is 3.67. The molecular weight excluding hydrogens is 300 g/mol. The van der Waals surface area contributed by atoms with E-state index >= 15 is 0 Å². The van der Waals surface area contributed by atoms with E-state index in [9.17, 15) is 19.5 Å². The van der Waals surface area contributed by atoms with Crippen LogP contribution in [0.3, 0.4) is 0 Å². The van der Waals surface area contributed by atoms with Gasteiger partial charge in [-0.3, -0.25) is 19.1 Å². The number of fused-ring (bicyclic) bond motifs is 2. The zero-order valence-electron chi connectivity index (χ0n) is 12.6. The summed E-state index contributed by atoms with van der Waals surface area (Å²) < 4.78 is 1.49. The molecule has 23 heavy (non-hydrogen) atoms. The smallest absolute Gasteiger partial charge is 0.307 e. The van der Waals surface area contributed by atoms with Crippen LogP contribution >= 0.6 is 0 Å². The van der Waals surface area contributed by atoms with Crippen LogP contribution in [0, 0.1) is 23.7 Å². The number of allylic oxidation sites excluding steroid dienone is 2. The fraction of sp³-hybridized carbons (Fsp3) is 0.467. The molecule has 3 rings (SSSR count). The van der Waals surface area contributed by atoms with E-state index in [1.807, 2.05) is 19.1 Å². The third kappa shape index (κ3) is 2.49. The molecule has 2 aliphatic rings. The lowest BCUT2D eigenvalue weighted by Crippen LogP contribution is -2.36. The number of anilines is 1. The lowest BCUT2D eigenvalue weighted by atomic mass is 9.82. The van der Waals surface area contributed by atoms with Crippen LogP contribution in [0.25, 0.3) is 0 Å². The van der Waals surface area contributed by atoms with Crippen LogP contribution in [0.2, 0.25) is 0 Å². The molecule has 1 aromatic heterocycles. The maximum absolute atomic E-state index is 12.6. The van der Waals surface area contributed by atoms with E-state index in [2.05, 4.69) is 10.4 Å². The number of primary amides is 1. The van der Waals surface area contributed by atoms with Gasteiger partial charge in [-0.25, -0.2) is 0 Å². The first kappa shape index (κ1) is 15.3. The van der Waals surface area contributed by atoms with Crippen molar-refractivity contribution < 1.29 is 19.5 Å². The molecule has 1 saturated carbocycles. The maximum Gasteiger partial charge on any atom is 0.307 e. The molecular formula is C15H18N4O4. The summed E-state index contributed by atoms with van der Waals surface area (Å²) in [5.41, 5.74) is 5.48. The van der Waals surface area contributed by atoms with Crippen LogP contribution in [-0.2, 0) is 16.1 Å². The SMILES string of the molecule is CCn1cc(NC(=O)[C@@H]2[C@@H](C(=O)O)[C@H]3C=C[C@@H]2C3)c(C(N)=O)n1. The Labute approximate surface area is 132 Å². The molecule has 0 radical (unpaired) electrons. The number of hydrogen-bond acceptors (Lipinski definition) is 4. The highest BCUT2D eigenvalue weighted by Crippen LogP contribution is 2.48. The normalized spacial score (nSPS) is 28.0. The van der Waals surface area contributed by atoms with E-state index in [0.29, 0.717) is 13.0 Å². The number of aromatic nitrogens is 2. The van der Waals surface area contributed by atoms with Crippen LogP contribution in [0.1, 0.15) is 23.8 Å². The molecule has 0 saturated heterocycles. The van der Waals surface area contributed by atoms with Gasteiger partial charge in [0.25, 0.3) is 5.91 Å². The summed E-state index contributed by atoms with van der Waals surface area (Å²) in [4.78, 5) is 35.5. The van der Waals surface area contributed by atoms with Gasteiger partial charge in [-0.05, 0) is 25.2 Å². The number of carboxylic acids is 1. The second kappa shape index (κ2) is 5.53. The predicted molar refractivity (Wildman–Crippen MR) is 80.4 cm³/mol. The van der Waals surface area contributed by atoms with Gasteiger partial charge in [-0.2, -0.15) is 5.10 Å². The van der Waals surface area contributed by atoms with E-state index < -0.39 is 29.6 Å². The summed E-state index contributed by atoms with van der Waals surface area (Å²) in [6.45, 7) is 2.36. The van der Waals surface area contributed by atoms with Gasteiger partial charge in [0.15, 0.2) is 5.69 Å². The average Bonchev–Trinajstić information content (AvgIpc) is 3.19. The van der Waals surface area contributed by atoms with Crippen molar-refractivity contribution in [2.45, 2.75) is 19.9 Å². The summed E-state index contributed by atoms with van der Waals surface area (Å²) in [5.74, 6) is -3.69. The summed E-state index contributed by atoms with van der Waals surface area (Å²) >= 11 is 0. The van der Waals surface area contributed by atoms with E-state index in [4.69, 9.17) is 5.73 Å². The van der Waals surface area contributed by atoms with Gasteiger partial charge in [-0.1, -0.05) is 12.2 Å². The summed E-state index contributed by atoms with van der Waals surface area (Å²) in [6, 6.07) is 0. The number of hydrogen-bond donors (Lipinski definition) is 3. The van der Waals surface area contributed by atoms with Gasteiger partial charge >= 0.3 is 5.97 Å². The Morgan fingerprint density at radius 1 is 1.35 bits per heavy atom. The summed E-state index contributed by atoms with van der Waals surface area (Å²) in [6.07, 6.45) is 5.97. The predicted octanol–water partition coefficient (Wildman–Crippen LogP) is 0.463. The minimum absolute atomic E-state index is 0.0224. The van der Waals surface area contributed by atoms with Gasteiger partial charge in [0.05, 0.1) is 17.5 Å². The number of carbonyl (C=O) groups is 3. The van der Waals surface area contributed by atoms with Crippen molar-refractivity contribution in [1.29, 1.82) is 0 Å². The quantitative estimate of drug-likeness (QED) is 0.680. The van der Waals surface area contributed by atoms with Gasteiger partial charge < -0.3 is 16.2 Å². The number of carbonyl (C=O) groups excluding carboxylic acids is 2. The van der Waals surface area contributed by atoms with Gasteiger partial charge in [0.2, 0.25) is 5.91 Å². The van der Waals surface area contributed by atoms with Gasteiger partial charge in [-0.15, -0.1) is 0 Å². The molecule has 0 aliphatic heterocycles. The number of rotatable bonds is 5. The van der Waals surface area contributed by atoms with Crippen LogP contribution in [0.4, 0.5) is 5.69 Å². The fourth-order valence-corrected chi connectivity index (χ4v) is 3.59. The molecule has 1 aromatic rings. The molecule has 122 valence electrons. The fourth-order valence-electron chi connectivity index (χ4n) is 3.59. The number of nitrogens with zero attached hydrogens (tertiary/aromatic N) is 2. The van der Waals surface area contributed by atoms with Crippen molar-refractivity contribution in [2.24, 2.45) is 29.4 Å². The molecule has 2 bridgehead atoms. The van der Waals surface area contributed by atoms with Crippen molar-refractivity contribution >= 4 is 23.5 Å². The molecule has 2 amide bonds. The molecule has 0 spiro atoms. The van der Waals surface area contributed by atoms with Crippen molar-refractivity contribution in [1.82, 2.24) is 9.78 Å². The Hall–Kier alpha value is -2.64. The molecule has 1 fully saturated rings. The molecule has 8 nitrogen and oxygen atoms in total. The average molecular weight is 318 g/mol. The van der Waals surface area contributed by atoms with Crippen molar-refractivity contribution in [3.8, 4) is 0 Å². The Morgan fingerprint density at radius 2 is 2.00 bits per heavy atom. The number of carboxylic acid groups (broad SMARTS) is 1. The standard InChI is InChI=1S/C15H18N4O4/c1-2-19-6-9(12(18-19)13(16)20)17-14(21)10-7-3-4-8(5-7)11(10)15(22)23/h3-4,6-8,10-11H,2,5H2,1H3,(H2,16,20)(H,17,21)(H,22,23)/t7-,8+,10+,11+/m1/s1. The lowest BCUT2D eigenvalue weighted by Gasteiger charge is -2.23. The van der Waals surface area contributed by atoms with E-state index in [-0.39, 0.29) is 23.2 Å². The topological polar surface area (TPSA) is 127 Å². The summed E-state index contributed by atoms with van der Waals surface area (Å²) in [5, 5.41) is 16.0. The van der Waals surface area contributed by atoms with Gasteiger partial charge in [0, 0.05) is 12.7 Å².